The van der Waals surface area contributed by atoms with Crippen LogP contribution in [0, 0.1) is 0 Å². The summed E-state index contributed by atoms with van der Waals surface area (Å²) in [6.07, 6.45) is 6.24. The van der Waals surface area contributed by atoms with E-state index in [0.717, 1.165) is 48.6 Å². The van der Waals surface area contributed by atoms with E-state index in [1.165, 1.54) is 0 Å². The van der Waals surface area contributed by atoms with Crippen molar-refractivity contribution < 1.29 is 9.53 Å². The van der Waals surface area contributed by atoms with E-state index >= 15 is 0 Å². The third-order valence-corrected chi connectivity index (χ3v) is 6.83. The smallest absolute Gasteiger partial charge is 0.260 e. The lowest BCUT2D eigenvalue weighted by molar-refractivity contribution is 0.102. The Morgan fingerprint density at radius 1 is 1.08 bits per heavy atom. The van der Waals surface area contributed by atoms with Crippen LogP contribution in [0.3, 0.4) is 0 Å². The largest absolute Gasteiger partial charge is 0.496 e. The van der Waals surface area contributed by atoms with E-state index in [1.807, 2.05) is 24.3 Å². The molecule has 3 aromatic heterocycles. The summed E-state index contributed by atoms with van der Waals surface area (Å²) in [5.74, 6) is 3.08. The predicted octanol–water partition coefficient (Wildman–Crippen LogP) is 3.46. The number of nitrogens with one attached hydrogen (secondary N) is 1. The van der Waals surface area contributed by atoms with Crippen molar-refractivity contribution >= 4 is 17.7 Å². The summed E-state index contributed by atoms with van der Waals surface area (Å²) < 4.78 is 7.71. The highest BCUT2D eigenvalue weighted by atomic mass is 16.5. The highest BCUT2D eigenvalue weighted by molar-refractivity contribution is 6.06. The molecule has 5 heterocycles. The molecule has 0 aliphatic carbocycles. The summed E-state index contributed by atoms with van der Waals surface area (Å²) in [6.45, 7) is 3.57. The Labute approximate surface area is 208 Å². The van der Waals surface area contributed by atoms with Crippen LogP contribution in [0.15, 0.2) is 48.8 Å². The van der Waals surface area contributed by atoms with Crippen LogP contribution in [0.5, 0.6) is 5.75 Å². The Hall–Kier alpha value is -4.34. The topological polar surface area (TPSA) is 111 Å². The second kappa shape index (κ2) is 9.03. The fourth-order valence-electron chi connectivity index (χ4n) is 4.97. The summed E-state index contributed by atoms with van der Waals surface area (Å²) in [4.78, 5) is 28.9. The fourth-order valence-corrected chi connectivity index (χ4v) is 4.97. The number of fused-ring (bicyclic) bond motifs is 2. The second-order valence-electron chi connectivity index (χ2n) is 9.10. The lowest BCUT2D eigenvalue weighted by Crippen LogP contribution is -2.32. The molecule has 182 valence electrons. The maximum absolute atomic E-state index is 13.4. The highest BCUT2D eigenvalue weighted by Crippen LogP contribution is 2.31. The van der Waals surface area contributed by atoms with Crippen LogP contribution in [0.1, 0.15) is 46.7 Å². The zero-order chi connectivity index (χ0) is 24.6. The van der Waals surface area contributed by atoms with Crippen LogP contribution < -0.4 is 15.0 Å². The Balaban J connectivity index is 1.27. The number of anilines is 2. The first-order chi connectivity index (χ1) is 17.6. The van der Waals surface area contributed by atoms with Crippen LogP contribution in [0.25, 0.3) is 11.5 Å². The molecular formula is C26H26N8O2. The number of rotatable bonds is 5. The van der Waals surface area contributed by atoms with Crippen molar-refractivity contribution in [3.05, 3.63) is 71.3 Å². The summed E-state index contributed by atoms with van der Waals surface area (Å²) in [6, 6.07) is 11.5. The molecule has 1 N–H and O–H groups in total. The van der Waals surface area contributed by atoms with E-state index in [0.29, 0.717) is 41.4 Å². The van der Waals surface area contributed by atoms with E-state index in [1.54, 1.807) is 31.6 Å². The van der Waals surface area contributed by atoms with Gasteiger partial charge in [0.25, 0.3) is 5.91 Å². The van der Waals surface area contributed by atoms with Gasteiger partial charge in [0.15, 0.2) is 5.82 Å². The number of methoxy groups -OCH3 is 1. The fraction of sp³-hybridized carbons (Fsp3) is 0.308. The first kappa shape index (κ1) is 22.1. The summed E-state index contributed by atoms with van der Waals surface area (Å²) in [5, 5.41) is 11.6. The molecule has 1 amide bonds. The standard InChI is InChI=1S/C26H26N8O2/c1-16-7-8-23-31-32-24(34(16)23)20-5-3-6-22(29-20)30-25(35)19-13-18-15-33(26-27-10-4-11-28-26)12-9-17(18)14-21(19)36-2/h3-6,10-11,13-14,16H,7-9,12,15H2,1-2H3,(H,29,30,35)/t16-/m1/s1. The van der Waals surface area contributed by atoms with Crippen molar-refractivity contribution in [3.63, 3.8) is 0 Å². The molecule has 0 saturated heterocycles. The van der Waals surface area contributed by atoms with Crippen molar-refractivity contribution in [2.45, 2.75) is 38.8 Å². The number of amides is 1. The molecule has 10 heteroatoms. The molecule has 0 spiro atoms. The lowest BCUT2D eigenvalue weighted by atomic mass is 9.96. The van der Waals surface area contributed by atoms with E-state index in [9.17, 15) is 4.79 Å². The maximum atomic E-state index is 13.4. The first-order valence-corrected chi connectivity index (χ1v) is 12.0. The molecule has 2 aliphatic rings. The quantitative estimate of drug-likeness (QED) is 0.460. The third-order valence-electron chi connectivity index (χ3n) is 6.83. The zero-order valence-electron chi connectivity index (χ0n) is 20.2. The van der Waals surface area contributed by atoms with Gasteiger partial charge >= 0.3 is 0 Å². The van der Waals surface area contributed by atoms with Gasteiger partial charge in [0, 0.05) is 37.9 Å². The lowest BCUT2D eigenvalue weighted by Gasteiger charge is -2.29. The van der Waals surface area contributed by atoms with Gasteiger partial charge in [-0.3, -0.25) is 4.79 Å². The number of hydrogen-bond acceptors (Lipinski definition) is 8. The molecule has 0 unspecified atom stereocenters. The second-order valence-corrected chi connectivity index (χ2v) is 9.10. The molecule has 4 aromatic rings. The minimum Gasteiger partial charge on any atom is -0.496 e. The van der Waals surface area contributed by atoms with Crippen LogP contribution in [0.2, 0.25) is 0 Å². The molecule has 36 heavy (non-hydrogen) atoms. The van der Waals surface area contributed by atoms with Gasteiger partial charge in [0.1, 0.15) is 23.1 Å². The van der Waals surface area contributed by atoms with Crippen molar-refractivity contribution in [2.24, 2.45) is 0 Å². The van der Waals surface area contributed by atoms with E-state index in [-0.39, 0.29) is 5.91 Å². The molecule has 1 aromatic carbocycles. The van der Waals surface area contributed by atoms with Gasteiger partial charge < -0.3 is 19.5 Å². The molecule has 2 aliphatic heterocycles. The number of nitrogens with zero attached hydrogens (tertiary/aromatic N) is 7. The van der Waals surface area contributed by atoms with Gasteiger partial charge in [0.2, 0.25) is 5.95 Å². The monoisotopic (exact) mass is 482 g/mol. The van der Waals surface area contributed by atoms with Gasteiger partial charge in [-0.25, -0.2) is 15.0 Å². The molecule has 6 rings (SSSR count). The summed E-state index contributed by atoms with van der Waals surface area (Å²) >= 11 is 0. The normalized spacial score (nSPS) is 16.4. The minimum atomic E-state index is -0.285. The van der Waals surface area contributed by atoms with Crippen molar-refractivity contribution in [3.8, 4) is 17.3 Å². The molecule has 0 fully saturated rings. The highest BCUT2D eigenvalue weighted by Gasteiger charge is 2.26. The number of hydrogen-bond donors (Lipinski definition) is 1. The van der Waals surface area contributed by atoms with Crippen molar-refractivity contribution in [2.75, 3.05) is 23.9 Å². The van der Waals surface area contributed by atoms with Crippen LogP contribution >= 0.6 is 0 Å². The van der Waals surface area contributed by atoms with E-state index < -0.39 is 0 Å². The Morgan fingerprint density at radius 3 is 2.78 bits per heavy atom. The van der Waals surface area contributed by atoms with Crippen LogP contribution in [0.4, 0.5) is 11.8 Å². The van der Waals surface area contributed by atoms with Crippen LogP contribution in [-0.2, 0) is 19.4 Å². The van der Waals surface area contributed by atoms with Gasteiger partial charge in [0.05, 0.1) is 12.7 Å². The Kier molecular flexibility index (Phi) is 5.55. The van der Waals surface area contributed by atoms with Gasteiger partial charge in [-0.1, -0.05) is 6.07 Å². The Morgan fingerprint density at radius 2 is 1.94 bits per heavy atom. The molecule has 0 radical (unpaired) electrons. The number of ether oxygens (including phenoxy) is 1. The van der Waals surface area contributed by atoms with Gasteiger partial charge in [-0.15, -0.1) is 10.2 Å². The van der Waals surface area contributed by atoms with Crippen LogP contribution in [-0.4, -0.2) is 49.3 Å². The number of benzene rings is 1. The number of carbonyl (C=O) groups excluding carboxylic acids is 1. The summed E-state index contributed by atoms with van der Waals surface area (Å²) in [7, 11) is 1.58. The molecule has 10 nitrogen and oxygen atoms in total. The Bertz CT molecular complexity index is 1440. The average Bonchev–Trinajstić information content (AvgIpc) is 3.51. The predicted molar refractivity (Wildman–Crippen MR) is 134 cm³/mol. The maximum Gasteiger partial charge on any atom is 0.260 e. The number of aromatic nitrogens is 6. The van der Waals surface area contributed by atoms with Gasteiger partial charge in [-0.05, 0) is 61.2 Å². The zero-order valence-corrected chi connectivity index (χ0v) is 20.2. The third kappa shape index (κ3) is 3.94. The molecule has 0 saturated carbocycles. The number of carbonyl (C=O) groups is 1. The minimum absolute atomic E-state index is 0.285. The van der Waals surface area contributed by atoms with E-state index in [4.69, 9.17) is 4.74 Å². The van der Waals surface area contributed by atoms with Crippen molar-refractivity contribution in [1.29, 1.82) is 0 Å². The molecule has 1 atom stereocenters. The first-order valence-electron chi connectivity index (χ1n) is 12.0. The van der Waals surface area contributed by atoms with Gasteiger partial charge in [-0.2, -0.15) is 0 Å². The molecular weight excluding hydrogens is 456 g/mol. The molecule has 0 bridgehead atoms. The van der Waals surface area contributed by atoms with Crippen molar-refractivity contribution in [1.82, 2.24) is 29.7 Å². The SMILES string of the molecule is COc1cc2c(cc1C(=O)Nc1cccc(-c3nnc4n3[C@H](C)CC4)n1)CN(c1ncccn1)CC2. The average molecular weight is 483 g/mol. The van der Waals surface area contributed by atoms with E-state index in [2.05, 4.69) is 46.9 Å². The number of aryl methyl sites for hydroxylation is 1. The number of pyridine rings is 1. The summed E-state index contributed by atoms with van der Waals surface area (Å²) in [5.41, 5.74) is 3.34.